The maximum absolute atomic E-state index is 12.8. The first-order valence-corrected chi connectivity index (χ1v) is 10.2. The molecule has 0 aliphatic carbocycles. The number of alkyl halides is 3. The molecule has 0 N–H and O–H groups in total. The summed E-state index contributed by atoms with van der Waals surface area (Å²) in [6, 6.07) is 0.885. The number of carbonyl (C=O) groups is 1. The summed E-state index contributed by atoms with van der Waals surface area (Å²) in [4.78, 5) is 19.8. The quantitative estimate of drug-likeness (QED) is 0.683. The van der Waals surface area contributed by atoms with E-state index in [1.54, 1.807) is 10.4 Å². The van der Waals surface area contributed by atoms with Crippen molar-refractivity contribution in [2.24, 2.45) is 0 Å². The molecule has 0 radical (unpaired) electrons. The number of rotatable bonds is 4. The molecule has 3 rings (SSSR count). The van der Waals surface area contributed by atoms with Crippen LogP contribution < -0.4 is 4.90 Å². The van der Waals surface area contributed by atoms with E-state index in [1.165, 1.54) is 23.1 Å². The van der Waals surface area contributed by atoms with Crippen LogP contribution in [0.25, 0.3) is 0 Å². The lowest BCUT2D eigenvalue weighted by atomic mass is 10.2. The van der Waals surface area contributed by atoms with Gasteiger partial charge in [0.25, 0.3) is 0 Å². The summed E-state index contributed by atoms with van der Waals surface area (Å²) >= 11 is 8.74. The summed E-state index contributed by atoms with van der Waals surface area (Å²) in [5.74, 6) is 0.569. The molecule has 27 heavy (non-hydrogen) atoms. The lowest BCUT2D eigenvalue weighted by molar-refractivity contribution is -0.137. The second kappa shape index (κ2) is 8.61. The topological polar surface area (TPSA) is 62.2 Å². The first kappa shape index (κ1) is 20.2. The van der Waals surface area contributed by atoms with Crippen molar-refractivity contribution in [2.45, 2.75) is 16.9 Å². The Labute approximate surface area is 166 Å². The van der Waals surface area contributed by atoms with Gasteiger partial charge in [-0.15, -0.1) is 10.2 Å². The average Bonchev–Trinajstić information content (AvgIpc) is 3.02. The van der Waals surface area contributed by atoms with Crippen LogP contribution in [0.5, 0.6) is 0 Å². The lowest BCUT2D eigenvalue weighted by Crippen LogP contribution is -2.36. The predicted octanol–water partition coefficient (Wildman–Crippen LogP) is 3.44. The minimum absolute atomic E-state index is 0.0106. The third-order valence-corrected chi connectivity index (χ3v) is 6.08. The Morgan fingerprint density at radius 3 is 2.78 bits per heavy atom. The van der Waals surface area contributed by atoms with Crippen molar-refractivity contribution in [3.05, 3.63) is 28.4 Å². The highest BCUT2D eigenvalue weighted by molar-refractivity contribution is 8.01. The molecule has 0 atom stereocenters. The van der Waals surface area contributed by atoms with Crippen LogP contribution in [0.1, 0.15) is 12.0 Å². The van der Waals surface area contributed by atoms with Crippen molar-refractivity contribution >= 4 is 46.4 Å². The molecule has 12 heteroatoms. The Morgan fingerprint density at radius 1 is 1.30 bits per heavy atom. The molecule has 1 aliphatic rings. The van der Waals surface area contributed by atoms with Crippen LogP contribution in [0.3, 0.4) is 0 Å². The van der Waals surface area contributed by atoms with Gasteiger partial charge in [-0.2, -0.15) is 13.2 Å². The minimum Gasteiger partial charge on any atom is -0.354 e. The van der Waals surface area contributed by atoms with Gasteiger partial charge in [-0.25, -0.2) is 4.98 Å². The van der Waals surface area contributed by atoms with E-state index in [4.69, 9.17) is 11.6 Å². The van der Waals surface area contributed by atoms with Gasteiger partial charge in [0.15, 0.2) is 4.34 Å². The molecule has 1 saturated heterocycles. The van der Waals surface area contributed by atoms with E-state index in [0.717, 1.165) is 16.6 Å². The molecule has 6 nitrogen and oxygen atoms in total. The number of amides is 1. The Kier molecular flexibility index (Phi) is 6.43. The molecule has 0 saturated carbocycles. The van der Waals surface area contributed by atoms with Crippen molar-refractivity contribution in [1.29, 1.82) is 0 Å². The Balaban J connectivity index is 1.60. The summed E-state index contributed by atoms with van der Waals surface area (Å²) in [7, 11) is 0. The zero-order chi connectivity index (χ0) is 19.4. The van der Waals surface area contributed by atoms with Gasteiger partial charge in [0.2, 0.25) is 5.91 Å². The van der Waals surface area contributed by atoms with E-state index in [0.29, 0.717) is 38.4 Å². The summed E-state index contributed by atoms with van der Waals surface area (Å²) in [5.41, 5.74) is 0.730. The van der Waals surface area contributed by atoms with Crippen LogP contribution in [0, 0.1) is 0 Å². The standard InChI is InChI=1S/C15H15ClF3N5OS2/c16-11-6-10(15(17,18)19)7-20-13(11)24-3-1-2-23(4-5-24)12(25)8-26-14-22-21-9-27-14/h6-7,9H,1-5,8H2. The molecule has 2 aromatic rings. The molecule has 1 aliphatic heterocycles. The Hall–Kier alpha value is -1.59. The molecule has 0 aromatic carbocycles. The van der Waals surface area contributed by atoms with Crippen LogP contribution in [-0.4, -0.2) is 57.9 Å². The number of hydrogen-bond acceptors (Lipinski definition) is 7. The molecule has 1 fully saturated rings. The highest BCUT2D eigenvalue weighted by atomic mass is 35.5. The highest BCUT2D eigenvalue weighted by Gasteiger charge is 2.32. The summed E-state index contributed by atoms with van der Waals surface area (Å²) < 4.78 is 39.0. The van der Waals surface area contributed by atoms with Crippen LogP contribution in [0.4, 0.5) is 19.0 Å². The minimum atomic E-state index is -4.48. The van der Waals surface area contributed by atoms with E-state index in [2.05, 4.69) is 15.2 Å². The van der Waals surface area contributed by atoms with Crippen molar-refractivity contribution in [3.63, 3.8) is 0 Å². The third-order valence-electron chi connectivity index (χ3n) is 3.96. The van der Waals surface area contributed by atoms with E-state index in [-0.39, 0.29) is 16.7 Å². The second-order valence-corrected chi connectivity index (χ2v) is 8.20. The predicted molar refractivity (Wildman–Crippen MR) is 98.3 cm³/mol. The number of aromatic nitrogens is 3. The zero-order valence-electron chi connectivity index (χ0n) is 13.9. The van der Waals surface area contributed by atoms with Crippen molar-refractivity contribution in [2.75, 3.05) is 36.8 Å². The fourth-order valence-electron chi connectivity index (χ4n) is 2.64. The van der Waals surface area contributed by atoms with Gasteiger partial charge in [0, 0.05) is 32.4 Å². The molecular weight excluding hydrogens is 423 g/mol. The van der Waals surface area contributed by atoms with Gasteiger partial charge in [-0.1, -0.05) is 34.7 Å². The number of thioether (sulfide) groups is 1. The van der Waals surface area contributed by atoms with Crippen LogP contribution >= 0.6 is 34.7 Å². The van der Waals surface area contributed by atoms with Crippen molar-refractivity contribution in [3.8, 4) is 0 Å². The van der Waals surface area contributed by atoms with Crippen LogP contribution in [0.15, 0.2) is 22.1 Å². The third kappa shape index (κ3) is 5.23. The van der Waals surface area contributed by atoms with Crippen LogP contribution in [0.2, 0.25) is 5.02 Å². The normalized spacial score (nSPS) is 15.7. The SMILES string of the molecule is O=C(CSc1nncs1)N1CCCN(c2ncc(C(F)(F)F)cc2Cl)CC1. The fraction of sp³-hybridized carbons (Fsp3) is 0.467. The summed E-state index contributed by atoms with van der Waals surface area (Å²) in [6.07, 6.45) is -3.02. The van der Waals surface area contributed by atoms with Gasteiger partial charge in [-0.05, 0) is 12.5 Å². The first-order valence-electron chi connectivity index (χ1n) is 7.99. The van der Waals surface area contributed by atoms with E-state index < -0.39 is 11.7 Å². The number of halogens is 4. The van der Waals surface area contributed by atoms with Crippen molar-refractivity contribution < 1.29 is 18.0 Å². The molecule has 146 valence electrons. The molecular formula is C15H15ClF3N5OS2. The van der Waals surface area contributed by atoms with Gasteiger partial charge < -0.3 is 9.80 Å². The zero-order valence-corrected chi connectivity index (χ0v) is 16.3. The van der Waals surface area contributed by atoms with Gasteiger partial charge >= 0.3 is 6.18 Å². The monoisotopic (exact) mass is 437 g/mol. The largest absolute Gasteiger partial charge is 0.417 e. The number of carbonyl (C=O) groups excluding carboxylic acids is 1. The fourth-order valence-corrected chi connectivity index (χ4v) is 4.31. The number of pyridine rings is 1. The van der Waals surface area contributed by atoms with Crippen molar-refractivity contribution in [1.82, 2.24) is 20.1 Å². The van der Waals surface area contributed by atoms with Gasteiger partial charge in [0.05, 0.1) is 16.3 Å². The Bertz CT molecular complexity index is 790. The molecule has 0 bridgehead atoms. The molecule has 2 aromatic heterocycles. The summed E-state index contributed by atoms with van der Waals surface area (Å²) in [5, 5.41) is 7.57. The smallest absolute Gasteiger partial charge is 0.354 e. The molecule has 0 spiro atoms. The number of hydrogen-bond donors (Lipinski definition) is 0. The summed E-state index contributed by atoms with van der Waals surface area (Å²) in [6.45, 7) is 2.04. The maximum atomic E-state index is 12.8. The number of anilines is 1. The van der Waals surface area contributed by atoms with E-state index in [9.17, 15) is 18.0 Å². The van der Waals surface area contributed by atoms with E-state index in [1.807, 2.05) is 4.90 Å². The molecule has 1 amide bonds. The van der Waals surface area contributed by atoms with Gasteiger partial charge in [-0.3, -0.25) is 4.79 Å². The van der Waals surface area contributed by atoms with Gasteiger partial charge in [0.1, 0.15) is 11.3 Å². The average molecular weight is 438 g/mol. The molecule has 0 unspecified atom stereocenters. The maximum Gasteiger partial charge on any atom is 0.417 e. The van der Waals surface area contributed by atoms with E-state index >= 15 is 0 Å². The highest BCUT2D eigenvalue weighted by Crippen LogP contribution is 2.33. The second-order valence-electron chi connectivity index (χ2n) is 5.74. The number of nitrogens with zero attached hydrogens (tertiary/aromatic N) is 5. The molecule has 3 heterocycles. The lowest BCUT2D eigenvalue weighted by Gasteiger charge is -2.24. The van der Waals surface area contributed by atoms with Crippen LogP contribution in [-0.2, 0) is 11.0 Å². The Morgan fingerprint density at radius 2 is 2.11 bits per heavy atom. The first-order chi connectivity index (χ1) is 12.8.